The Hall–Kier alpha value is -0.670. The molecular formula is C11H11ClF2O. The third-order valence-electron chi connectivity index (χ3n) is 2.63. The van der Waals surface area contributed by atoms with Gasteiger partial charge in [0.25, 0.3) is 0 Å². The molecule has 1 aliphatic heterocycles. The van der Waals surface area contributed by atoms with Gasteiger partial charge in [-0.3, -0.25) is 0 Å². The lowest BCUT2D eigenvalue weighted by molar-refractivity contribution is 0.0946. The third-order valence-corrected chi connectivity index (χ3v) is 3.02. The summed E-state index contributed by atoms with van der Waals surface area (Å²) in [7, 11) is 0. The second-order valence-electron chi connectivity index (χ2n) is 3.70. The van der Waals surface area contributed by atoms with Crippen LogP contribution in [-0.4, -0.2) is 12.5 Å². The van der Waals surface area contributed by atoms with Crippen LogP contribution in [0.15, 0.2) is 18.2 Å². The lowest BCUT2D eigenvalue weighted by atomic mass is 9.97. The quantitative estimate of drug-likeness (QED) is 0.711. The topological polar surface area (TPSA) is 9.23 Å². The van der Waals surface area contributed by atoms with Gasteiger partial charge >= 0.3 is 0 Å². The van der Waals surface area contributed by atoms with Crippen LogP contribution in [0, 0.1) is 17.6 Å². The van der Waals surface area contributed by atoms with E-state index in [0.29, 0.717) is 18.1 Å². The van der Waals surface area contributed by atoms with Crippen molar-refractivity contribution in [2.75, 3.05) is 12.5 Å². The standard InChI is InChI=1S/C11H11ClF2O/c12-6-7-1-2-15-11(7)8-3-9(13)5-10(14)4-8/h3-5,7,11H,1-2,6H2. The highest BCUT2D eigenvalue weighted by Crippen LogP contribution is 2.35. The minimum Gasteiger partial charge on any atom is -0.373 e. The van der Waals surface area contributed by atoms with E-state index in [1.165, 1.54) is 12.1 Å². The van der Waals surface area contributed by atoms with Gasteiger partial charge in [0.05, 0.1) is 6.10 Å². The molecule has 1 aromatic rings. The van der Waals surface area contributed by atoms with E-state index in [4.69, 9.17) is 16.3 Å². The van der Waals surface area contributed by atoms with Crippen LogP contribution in [0.3, 0.4) is 0 Å². The Kier molecular flexibility index (Phi) is 3.22. The maximum absolute atomic E-state index is 13.0. The summed E-state index contributed by atoms with van der Waals surface area (Å²) in [4.78, 5) is 0. The third kappa shape index (κ3) is 2.29. The number of halogens is 3. The highest BCUT2D eigenvalue weighted by molar-refractivity contribution is 6.18. The van der Waals surface area contributed by atoms with Gasteiger partial charge in [-0.2, -0.15) is 0 Å². The van der Waals surface area contributed by atoms with Crippen molar-refractivity contribution < 1.29 is 13.5 Å². The van der Waals surface area contributed by atoms with Crippen molar-refractivity contribution in [3.05, 3.63) is 35.4 Å². The number of alkyl halides is 1. The number of hydrogen-bond donors (Lipinski definition) is 0. The van der Waals surface area contributed by atoms with E-state index in [-0.39, 0.29) is 12.0 Å². The van der Waals surface area contributed by atoms with Crippen molar-refractivity contribution in [2.24, 2.45) is 5.92 Å². The summed E-state index contributed by atoms with van der Waals surface area (Å²) in [5, 5.41) is 0. The first-order valence-corrected chi connectivity index (χ1v) is 5.37. The zero-order valence-corrected chi connectivity index (χ0v) is 8.81. The van der Waals surface area contributed by atoms with Gasteiger partial charge in [-0.25, -0.2) is 8.78 Å². The normalized spacial score (nSPS) is 25.8. The number of rotatable bonds is 2. The van der Waals surface area contributed by atoms with Gasteiger partial charge in [-0.05, 0) is 24.1 Å². The van der Waals surface area contributed by atoms with Crippen molar-refractivity contribution >= 4 is 11.6 Å². The van der Waals surface area contributed by atoms with Crippen LogP contribution in [0.1, 0.15) is 18.1 Å². The number of benzene rings is 1. The van der Waals surface area contributed by atoms with E-state index in [1.54, 1.807) is 0 Å². The summed E-state index contributed by atoms with van der Waals surface area (Å²) in [5.74, 6) is -0.557. The van der Waals surface area contributed by atoms with Crippen molar-refractivity contribution in [1.29, 1.82) is 0 Å². The Morgan fingerprint density at radius 2 is 1.93 bits per heavy atom. The van der Waals surface area contributed by atoms with Crippen LogP contribution in [0.2, 0.25) is 0 Å². The summed E-state index contributed by atoms with van der Waals surface area (Å²) < 4.78 is 31.4. The molecule has 1 nitrogen and oxygen atoms in total. The Morgan fingerprint density at radius 1 is 1.27 bits per heavy atom. The summed E-state index contributed by atoms with van der Waals surface area (Å²) in [6.07, 6.45) is 0.569. The summed E-state index contributed by atoms with van der Waals surface area (Å²) in [6, 6.07) is 3.46. The highest BCUT2D eigenvalue weighted by Gasteiger charge is 2.29. The molecule has 0 radical (unpaired) electrons. The van der Waals surface area contributed by atoms with Gasteiger partial charge in [0.15, 0.2) is 0 Å². The Bertz CT molecular complexity index is 336. The minimum absolute atomic E-state index is 0.146. The smallest absolute Gasteiger partial charge is 0.126 e. The van der Waals surface area contributed by atoms with Crippen LogP contribution in [-0.2, 0) is 4.74 Å². The van der Waals surface area contributed by atoms with Crippen molar-refractivity contribution in [1.82, 2.24) is 0 Å². The monoisotopic (exact) mass is 232 g/mol. The van der Waals surface area contributed by atoms with Crippen molar-refractivity contribution in [3.63, 3.8) is 0 Å². The first kappa shape index (κ1) is 10.8. The second kappa shape index (κ2) is 4.45. The fourth-order valence-electron chi connectivity index (χ4n) is 1.90. The molecular weight excluding hydrogens is 222 g/mol. The predicted octanol–water partition coefficient (Wildman–Crippen LogP) is 3.28. The van der Waals surface area contributed by atoms with Gasteiger partial charge in [0, 0.05) is 24.5 Å². The van der Waals surface area contributed by atoms with E-state index in [1.807, 2.05) is 0 Å². The molecule has 0 bridgehead atoms. The molecule has 0 aliphatic carbocycles. The molecule has 0 amide bonds. The summed E-state index contributed by atoms with van der Waals surface area (Å²) in [6.45, 7) is 0.597. The molecule has 1 fully saturated rings. The van der Waals surface area contributed by atoms with Crippen LogP contribution >= 0.6 is 11.6 Å². The largest absolute Gasteiger partial charge is 0.373 e. The molecule has 1 aliphatic rings. The van der Waals surface area contributed by atoms with E-state index >= 15 is 0 Å². The summed E-state index contributed by atoms with van der Waals surface area (Å²) >= 11 is 5.76. The molecule has 0 aromatic heterocycles. The first-order chi connectivity index (χ1) is 7.20. The van der Waals surface area contributed by atoms with Gasteiger partial charge in [0.1, 0.15) is 11.6 Å². The van der Waals surface area contributed by atoms with Crippen LogP contribution in [0.5, 0.6) is 0 Å². The maximum Gasteiger partial charge on any atom is 0.126 e. The SMILES string of the molecule is Fc1cc(F)cc(C2OCCC2CCl)c1. The number of hydrogen-bond acceptors (Lipinski definition) is 1. The molecule has 1 saturated heterocycles. The number of ether oxygens (including phenoxy) is 1. The average molecular weight is 233 g/mol. The van der Waals surface area contributed by atoms with E-state index in [0.717, 1.165) is 12.5 Å². The lowest BCUT2D eigenvalue weighted by Crippen LogP contribution is -2.09. The first-order valence-electron chi connectivity index (χ1n) is 4.84. The van der Waals surface area contributed by atoms with Gasteiger partial charge in [-0.15, -0.1) is 11.6 Å². The van der Waals surface area contributed by atoms with Gasteiger partial charge < -0.3 is 4.74 Å². The summed E-state index contributed by atoms with van der Waals surface area (Å²) in [5.41, 5.74) is 0.538. The zero-order valence-electron chi connectivity index (χ0n) is 8.05. The fraction of sp³-hybridized carbons (Fsp3) is 0.455. The predicted molar refractivity (Wildman–Crippen MR) is 53.9 cm³/mol. The Balaban J connectivity index is 2.28. The van der Waals surface area contributed by atoms with Crippen molar-refractivity contribution in [3.8, 4) is 0 Å². The van der Waals surface area contributed by atoms with Crippen molar-refractivity contribution in [2.45, 2.75) is 12.5 Å². The van der Waals surface area contributed by atoms with Gasteiger partial charge in [0.2, 0.25) is 0 Å². The molecule has 0 N–H and O–H groups in total. The lowest BCUT2D eigenvalue weighted by Gasteiger charge is -2.16. The zero-order chi connectivity index (χ0) is 10.8. The molecule has 4 heteroatoms. The molecule has 2 atom stereocenters. The van der Waals surface area contributed by atoms with Crippen LogP contribution in [0.4, 0.5) is 8.78 Å². The molecule has 2 unspecified atom stereocenters. The average Bonchev–Trinajstić information content (AvgIpc) is 2.63. The Labute approximate surface area is 92.0 Å². The molecule has 0 saturated carbocycles. The fourth-order valence-corrected chi connectivity index (χ4v) is 2.22. The van der Waals surface area contributed by atoms with Crippen LogP contribution < -0.4 is 0 Å². The van der Waals surface area contributed by atoms with E-state index < -0.39 is 11.6 Å². The molecule has 82 valence electrons. The molecule has 2 rings (SSSR count). The van der Waals surface area contributed by atoms with Gasteiger partial charge in [-0.1, -0.05) is 0 Å². The van der Waals surface area contributed by atoms with E-state index in [2.05, 4.69) is 0 Å². The highest BCUT2D eigenvalue weighted by atomic mass is 35.5. The molecule has 15 heavy (non-hydrogen) atoms. The minimum atomic E-state index is -0.575. The van der Waals surface area contributed by atoms with Crippen LogP contribution in [0.25, 0.3) is 0 Å². The van der Waals surface area contributed by atoms with E-state index in [9.17, 15) is 8.78 Å². The molecule has 1 aromatic carbocycles. The Morgan fingerprint density at radius 3 is 2.53 bits per heavy atom. The molecule has 0 spiro atoms. The second-order valence-corrected chi connectivity index (χ2v) is 4.01. The molecule has 1 heterocycles. The maximum atomic E-state index is 13.0.